The van der Waals surface area contributed by atoms with Crippen LogP contribution in [0.4, 0.5) is 11.4 Å². The molecule has 0 radical (unpaired) electrons. The summed E-state index contributed by atoms with van der Waals surface area (Å²) in [7, 11) is 1.50. The summed E-state index contributed by atoms with van der Waals surface area (Å²) in [6, 6.07) is 4.57. The first-order valence-electron chi connectivity index (χ1n) is 6.33. The van der Waals surface area contributed by atoms with Gasteiger partial charge in [0.15, 0.2) is 0 Å². The van der Waals surface area contributed by atoms with E-state index in [-0.39, 0.29) is 17.8 Å². The molecule has 0 aliphatic rings. The minimum absolute atomic E-state index is 0.0107. The van der Waals surface area contributed by atoms with Gasteiger partial charge in [0.2, 0.25) is 0 Å². The molecule has 1 aromatic rings. The Kier molecular flexibility index (Phi) is 5.45. The normalized spacial score (nSPS) is 11.8. The molecular formula is C13H19N3O4. The molecule has 1 atom stereocenters. The lowest BCUT2D eigenvalue weighted by molar-refractivity contribution is -0.384. The van der Waals surface area contributed by atoms with Crippen LogP contribution < -0.4 is 5.32 Å². The number of nitrogens with zero attached hydrogens (tertiary/aromatic N) is 2. The van der Waals surface area contributed by atoms with Gasteiger partial charge in [-0.2, -0.15) is 0 Å². The minimum Gasteiger partial charge on any atom is -0.392 e. The van der Waals surface area contributed by atoms with Gasteiger partial charge in [0, 0.05) is 20.1 Å². The number of para-hydroxylation sites is 1. The zero-order valence-electron chi connectivity index (χ0n) is 11.8. The number of hydrogen-bond donors (Lipinski definition) is 2. The molecule has 0 saturated carbocycles. The van der Waals surface area contributed by atoms with Crippen LogP contribution in [-0.2, 0) is 0 Å². The third kappa shape index (κ3) is 3.67. The summed E-state index contributed by atoms with van der Waals surface area (Å²) in [5, 5.41) is 23.4. The van der Waals surface area contributed by atoms with Gasteiger partial charge >= 0.3 is 5.69 Å². The highest BCUT2D eigenvalue weighted by Crippen LogP contribution is 2.29. The number of amides is 1. The molecule has 7 nitrogen and oxygen atoms in total. The van der Waals surface area contributed by atoms with E-state index in [9.17, 15) is 20.0 Å². The van der Waals surface area contributed by atoms with Gasteiger partial charge in [0.1, 0.15) is 11.3 Å². The number of aliphatic hydroxyl groups excluding tert-OH is 1. The van der Waals surface area contributed by atoms with E-state index in [1.54, 1.807) is 19.1 Å². The number of likely N-dealkylation sites (N-methyl/N-ethyl adjacent to an activating group) is 1. The van der Waals surface area contributed by atoms with Crippen LogP contribution in [0.3, 0.4) is 0 Å². The zero-order chi connectivity index (χ0) is 15.3. The Bertz CT molecular complexity index is 502. The Labute approximate surface area is 117 Å². The van der Waals surface area contributed by atoms with Crippen molar-refractivity contribution in [2.45, 2.75) is 20.0 Å². The quantitative estimate of drug-likeness (QED) is 0.608. The summed E-state index contributed by atoms with van der Waals surface area (Å²) in [6.45, 7) is 3.99. The molecule has 0 heterocycles. The van der Waals surface area contributed by atoms with Crippen LogP contribution >= 0.6 is 0 Å². The summed E-state index contributed by atoms with van der Waals surface area (Å²) in [5.74, 6) is -0.489. The number of nitro benzene ring substituents is 1. The molecule has 1 amide bonds. The first-order valence-corrected chi connectivity index (χ1v) is 6.33. The number of aliphatic hydroxyl groups is 1. The largest absolute Gasteiger partial charge is 0.392 e. The van der Waals surface area contributed by atoms with Gasteiger partial charge in [-0.15, -0.1) is 0 Å². The molecule has 0 fully saturated rings. The molecule has 20 heavy (non-hydrogen) atoms. The second-order valence-electron chi connectivity index (χ2n) is 4.52. The summed E-state index contributed by atoms with van der Waals surface area (Å²) in [4.78, 5) is 24.2. The van der Waals surface area contributed by atoms with Gasteiger partial charge in [0.25, 0.3) is 5.91 Å². The predicted octanol–water partition coefficient (Wildman–Crippen LogP) is 1.48. The lowest BCUT2D eigenvalue weighted by Gasteiger charge is -2.19. The van der Waals surface area contributed by atoms with Crippen LogP contribution in [0.25, 0.3) is 0 Å². The topological polar surface area (TPSA) is 95.7 Å². The third-order valence-electron chi connectivity index (χ3n) is 2.70. The highest BCUT2D eigenvalue weighted by Gasteiger charge is 2.26. The van der Waals surface area contributed by atoms with Crippen LogP contribution in [0, 0.1) is 10.1 Å². The average molecular weight is 281 g/mol. The number of rotatable bonds is 6. The van der Waals surface area contributed by atoms with Crippen LogP contribution in [-0.4, -0.2) is 47.1 Å². The van der Waals surface area contributed by atoms with Crippen molar-refractivity contribution < 1.29 is 14.8 Å². The fourth-order valence-electron chi connectivity index (χ4n) is 1.93. The van der Waals surface area contributed by atoms with E-state index in [1.165, 1.54) is 18.0 Å². The van der Waals surface area contributed by atoms with Crippen LogP contribution in [0.1, 0.15) is 24.2 Å². The molecule has 1 unspecified atom stereocenters. The summed E-state index contributed by atoms with van der Waals surface area (Å²) >= 11 is 0. The Hall–Kier alpha value is -2.15. The van der Waals surface area contributed by atoms with E-state index in [4.69, 9.17) is 0 Å². The smallest absolute Gasteiger partial charge is 0.305 e. The van der Waals surface area contributed by atoms with Crippen molar-refractivity contribution in [3.8, 4) is 0 Å². The fraction of sp³-hybridized carbons (Fsp3) is 0.462. The molecule has 2 N–H and O–H groups in total. The van der Waals surface area contributed by atoms with E-state index in [0.29, 0.717) is 12.2 Å². The molecule has 7 heteroatoms. The molecule has 0 spiro atoms. The lowest BCUT2D eigenvalue weighted by atomic mass is 10.1. The SMILES string of the molecule is CCNc1cccc(C(=O)N(C)CC(C)O)c1[N+](=O)[O-]. The number of hydrogen-bond acceptors (Lipinski definition) is 5. The van der Waals surface area contributed by atoms with Crippen molar-refractivity contribution >= 4 is 17.3 Å². The second-order valence-corrected chi connectivity index (χ2v) is 4.52. The Morgan fingerprint density at radius 3 is 2.70 bits per heavy atom. The molecule has 0 saturated heterocycles. The number of carbonyl (C=O) groups is 1. The highest BCUT2D eigenvalue weighted by atomic mass is 16.6. The summed E-state index contributed by atoms with van der Waals surface area (Å²) in [6.07, 6.45) is -0.694. The Morgan fingerprint density at radius 1 is 1.55 bits per heavy atom. The maximum atomic E-state index is 12.2. The van der Waals surface area contributed by atoms with Crippen LogP contribution in [0.5, 0.6) is 0 Å². The lowest BCUT2D eigenvalue weighted by Crippen LogP contribution is -2.33. The van der Waals surface area contributed by atoms with Crippen LogP contribution in [0.2, 0.25) is 0 Å². The predicted molar refractivity (Wildman–Crippen MR) is 75.9 cm³/mol. The van der Waals surface area contributed by atoms with Crippen molar-refractivity contribution in [2.75, 3.05) is 25.5 Å². The third-order valence-corrected chi connectivity index (χ3v) is 2.70. The number of nitrogens with one attached hydrogen (secondary N) is 1. The van der Waals surface area contributed by atoms with Crippen molar-refractivity contribution in [2.24, 2.45) is 0 Å². The number of anilines is 1. The van der Waals surface area contributed by atoms with Crippen molar-refractivity contribution in [1.29, 1.82) is 0 Å². The van der Waals surface area contributed by atoms with Crippen molar-refractivity contribution in [1.82, 2.24) is 4.90 Å². The molecule has 1 aromatic carbocycles. The van der Waals surface area contributed by atoms with Gasteiger partial charge in [-0.1, -0.05) is 6.07 Å². The maximum absolute atomic E-state index is 12.2. The molecule has 0 bridgehead atoms. The standard InChI is InChI=1S/C13H19N3O4/c1-4-14-11-7-5-6-10(12(11)16(19)20)13(18)15(3)8-9(2)17/h5-7,9,14,17H,4,8H2,1-3H3. The van der Waals surface area contributed by atoms with Gasteiger partial charge < -0.3 is 15.3 Å². The molecule has 0 aliphatic carbocycles. The summed E-state index contributed by atoms with van der Waals surface area (Å²) < 4.78 is 0. The Balaban J connectivity index is 3.20. The van der Waals surface area contributed by atoms with Crippen molar-refractivity contribution in [3.05, 3.63) is 33.9 Å². The van der Waals surface area contributed by atoms with E-state index < -0.39 is 16.9 Å². The average Bonchev–Trinajstić information content (AvgIpc) is 2.36. The number of benzene rings is 1. The molecule has 0 aliphatic heterocycles. The van der Waals surface area contributed by atoms with Crippen molar-refractivity contribution in [3.63, 3.8) is 0 Å². The van der Waals surface area contributed by atoms with E-state index in [1.807, 2.05) is 6.92 Å². The minimum atomic E-state index is -0.694. The molecule has 1 rings (SSSR count). The molecule has 110 valence electrons. The highest BCUT2D eigenvalue weighted by molar-refractivity contribution is 6.00. The first kappa shape index (κ1) is 15.9. The van der Waals surface area contributed by atoms with E-state index >= 15 is 0 Å². The van der Waals surface area contributed by atoms with Gasteiger partial charge in [-0.25, -0.2) is 0 Å². The van der Waals surface area contributed by atoms with Gasteiger partial charge in [-0.05, 0) is 26.0 Å². The first-order chi connectivity index (χ1) is 9.38. The molecular weight excluding hydrogens is 262 g/mol. The maximum Gasteiger partial charge on any atom is 0.305 e. The molecule has 0 aromatic heterocycles. The van der Waals surface area contributed by atoms with E-state index in [2.05, 4.69) is 5.32 Å². The Morgan fingerprint density at radius 2 is 2.20 bits per heavy atom. The number of nitro groups is 1. The van der Waals surface area contributed by atoms with Gasteiger partial charge in [-0.3, -0.25) is 14.9 Å². The van der Waals surface area contributed by atoms with Gasteiger partial charge in [0.05, 0.1) is 11.0 Å². The zero-order valence-corrected chi connectivity index (χ0v) is 11.8. The monoisotopic (exact) mass is 281 g/mol. The van der Waals surface area contributed by atoms with E-state index in [0.717, 1.165) is 0 Å². The summed E-state index contributed by atoms with van der Waals surface area (Å²) in [5.41, 5.74) is 0.0854. The number of carbonyl (C=O) groups excluding carboxylic acids is 1. The van der Waals surface area contributed by atoms with Crippen LogP contribution in [0.15, 0.2) is 18.2 Å². The second kappa shape index (κ2) is 6.85. The fourth-order valence-corrected chi connectivity index (χ4v) is 1.93.